The summed E-state index contributed by atoms with van der Waals surface area (Å²) in [6, 6.07) is 6.07. The number of benzene rings is 1. The first-order valence-corrected chi connectivity index (χ1v) is 7.37. The van der Waals surface area contributed by atoms with E-state index < -0.39 is 4.92 Å². The zero-order chi connectivity index (χ0) is 17.3. The number of aryl methyl sites for hydroxylation is 2. The third-order valence-electron chi connectivity index (χ3n) is 3.60. The van der Waals surface area contributed by atoms with Gasteiger partial charge < -0.3 is 5.32 Å². The van der Waals surface area contributed by atoms with Crippen LogP contribution in [0.3, 0.4) is 0 Å². The average molecular weight is 325 g/mol. The molecule has 8 heteroatoms. The third-order valence-corrected chi connectivity index (χ3v) is 3.60. The largest absolute Gasteiger partial charge is 0.321 e. The average Bonchev–Trinajstić information content (AvgIpc) is 3.03. The first kappa shape index (κ1) is 15.6. The Balaban J connectivity index is 2.02. The van der Waals surface area contributed by atoms with Crippen LogP contribution in [0.4, 0.5) is 11.4 Å². The minimum absolute atomic E-state index is 0.0533. The zero-order valence-corrected chi connectivity index (χ0v) is 13.2. The number of non-ortho nitro benzene ring substituents is 1. The highest BCUT2D eigenvalue weighted by molar-refractivity contribution is 6.08. The van der Waals surface area contributed by atoms with Gasteiger partial charge in [0.2, 0.25) is 0 Å². The van der Waals surface area contributed by atoms with E-state index in [4.69, 9.17) is 0 Å². The van der Waals surface area contributed by atoms with Gasteiger partial charge in [0.25, 0.3) is 11.6 Å². The molecule has 1 amide bonds. The summed E-state index contributed by atoms with van der Waals surface area (Å²) in [6.07, 6.45) is 3.13. The van der Waals surface area contributed by atoms with Crippen molar-refractivity contribution in [2.24, 2.45) is 0 Å². The van der Waals surface area contributed by atoms with Crippen LogP contribution in [0.1, 0.15) is 23.0 Å². The van der Waals surface area contributed by atoms with Crippen LogP contribution in [0.2, 0.25) is 0 Å². The second-order valence-electron chi connectivity index (χ2n) is 5.31. The number of nitrogens with one attached hydrogen (secondary N) is 1. The lowest BCUT2D eigenvalue weighted by molar-refractivity contribution is -0.384. The van der Waals surface area contributed by atoms with Crippen LogP contribution in [0.5, 0.6) is 0 Å². The Morgan fingerprint density at radius 2 is 2.17 bits per heavy atom. The van der Waals surface area contributed by atoms with Crippen LogP contribution in [0, 0.1) is 17.0 Å². The molecule has 0 aliphatic rings. The molecule has 1 aromatic carbocycles. The van der Waals surface area contributed by atoms with Gasteiger partial charge in [0.15, 0.2) is 0 Å². The van der Waals surface area contributed by atoms with Gasteiger partial charge in [0.05, 0.1) is 27.9 Å². The van der Waals surface area contributed by atoms with Crippen molar-refractivity contribution in [1.29, 1.82) is 0 Å². The number of hydrogen-bond acceptors (Lipinski definition) is 5. The summed E-state index contributed by atoms with van der Waals surface area (Å²) in [7, 11) is 0. The summed E-state index contributed by atoms with van der Waals surface area (Å²) in [4.78, 5) is 27.3. The molecule has 0 atom stereocenters. The van der Waals surface area contributed by atoms with E-state index in [0.717, 1.165) is 0 Å². The van der Waals surface area contributed by atoms with Gasteiger partial charge in [-0.05, 0) is 26.0 Å². The van der Waals surface area contributed by atoms with Crippen LogP contribution < -0.4 is 5.32 Å². The van der Waals surface area contributed by atoms with Crippen molar-refractivity contribution >= 4 is 28.2 Å². The summed E-state index contributed by atoms with van der Waals surface area (Å²) >= 11 is 0. The molecular formula is C16H15N5O3. The molecule has 2 aromatic heterocycles. The van der Waals surface area contributed by atoms with E-state index in [-0.39, 0.29) is 11.6 Å². The summed E-state index contributed by atoms with van der Waals surface area (Å²) in [5.41, 5.74) is 2.14. The van der Waals surface area contributed by atoms with Crippen molar-refractivity contribution in [1.82, 2.24) is 14.8 Å². The summed E-state index contributed by atoms with van der Waals surface area (Å²) in [6.45, 7) is 4.38. The summed E-state index contributed by atoms with van der Waals surface area (Å²) < 4.78 is 1.65. The van der Waals surface area contributed by atoms with E-state index >= 15 is 0 Å². The van der Waals surface area contributed by atoms with Crippen molar-refractivity contribution in [3.05, 3.63) is 58.0 Å². The predicted molar refractivity (Wildman–Crippen MR) is 89.0 cm³/mol. The van der Waals surface area contributed by atoms with E-state index in [9.17, 15) is 14.9 Å². The maximum atomic E-state index is 12.4. The molecule has 122 valence electrons. The fourth-order valence-electron chi connectivity index (χ4n) is 2.41. The van der Waals surface area contributed by atoms with Crippen molar-refractivity contribution in [3.63, 3.8) is 0 Å². The lowest BCUT2D eigenvalue weighted by atomic mass is 10.1. The van der Waals surface area contributed by atoms with E-state index in [2.05, 4.69) is 15.4 Å². The fourth-order valence-corrected chi connectivity index (χ4v) is 2.41. The van der Waals surface area contributed by atoms with Gasteiger partial charge in [0.1, 0.15) is 0 Å². The Kier molecular flexibility index (Phi) is 3.95. The lowest BCUT2D eigenvalue weighted by Gasteiger charge is -2.09. The number of rotatable bonds is 4. The molecule has 0 saturated carbocycles. The normalized spacial score (nSPS) is 10.8. The first-order chi connectivity index (χ1) is 11.5. The number of carbonyl (C=O) groups excluding carboxylic acids is 1. The molecule has 24 heavy (non-hydrogen) atoms. The molecule has 2 heterocycles. The highest BCUT2D eigenvalue weighted by Crippen LogP contribution is 2.27. The number of anilines is 1. The number of nitro benzene ring substituents is 1. The third kappa shape index (κ3) is 2.94. The second kappa shape index (κ2) is 6.07. The highest BCUT2D eigenvalue weighted by atomic mass is 16.6. The molecular weight excluding hydrogens is 310 g/mol. The Labute approximate surface area is 137 Å². The molecule has 8 nitrogen and oxygen atoms in total. The van der Waals surface area contributed by atoms with Gasteiger partial charge in [-0.1, -0.05) is 0 Å². The molecule has 0 unspecified atom stereocenters. The second-order valence-corrected chi connectivity index (χ2v) is 5.31. The number of pyridine rings is 1. The van der Waals surface area contributed by atoms with Gasteiger partial charge in [-0.2, -0.15) is 5.10 Å². The molecule has 0 aliphatic carbocycles. The van der Waals surface area contributed by atoms with E-state index in [1.54, 1.807) is 29.9 Å². The summed E-state index contributed by atoms with van der Waals surface area (Å²) in [5.74, 6) is -0.326. The molecule has 1 N–H and O–H groups in total. The number of aromatic nitrogens is 3. The van der Waals surface area contributed by atoms with Crippen molar-refractivity contribution in [2.75, 3.05) is 5.32 Å². The predicted octanol–water partition coefficient (Wildman–Crippen LogP) is 2.92. The SMILES string of the molecule is CCn1cc(C(=O)Nc2cc(C)nc3ccc([N+](=O)[O-])cc23)cn1. The van der Waals surface area contributed by atoms with Crippen LogP contribution in [0.25, 0.3) is 10.9 Å². The summed E-state index contributed by atoms with van der Waals surface area (Å²) in [5, 5.41) is 18.4. The first-order valence-electron chi connectivity index (χ1n) is 7.37. The maximum Gasteiger partial charge on any atom is 0.270 e. The number of fused-ring (bicyclic) bond motifs is 1. The molecule has 0 bridgehead atoms. The van der Waals surface area contributed by atoms with Crippen LogP contribution in [0.15, 0.2) is 36.7 Å². The number of nitrogens with zero attached hydrogens (tertiary/aromatic N) is 4. The number of carbonyl (C=O) groups is 1. The van der Waals surface area contributed by atoms with E-state index in [0.29, 0.717) is 34.4 Å². The molecule has 0 radical (unpaired) electrons. The Morgan fingerprint density at radius 1 is 1.38 bits per heavy atom. The van der Waals surface area contributed by atoms with Gasteiger partial charge in [-0.25, -0.2) is 0 Å². The van der Waals surface area contributed by atoms with Crippen molar-refractivity contribution in [2.45, 2.75) is 20.4 Å². The van der Waals surface area contributed by atoms with Crippen molar-refractivity contribution in [3.8, 4) is 0 Å². The van der Waals surface area contributed by atoms with Crippen LogP contribution in [-0.2, 0) is 6.54 Å². The minimum atomic E-state index is -0.476. The lowest BCUT2D eigenvalue weighted by Crippen LogP contribution is -2.12. The molecule has 3 rings (SSSR count). The topological polar surface area (TPSA) is 103 Å². The van der Waals surface area contributed by atoms with Gasteiger partial charge in [-0.15, -0.1) is 0 Å². The number of nitro groups is 1. The minimum Gasteiger partial charge on any atom is -0.321 e. The van der Waals surface area contributed by atoms with Crippen LogP contribution >= 0.6 is 0 Å². The van der Waals surface area contributed by atoms with Gasteiger partial charge in [-0.3, -0.25) is 24.6 Å². The van der Waals surface area contributed by atoms with E-state index in [1.165, 1.54) is 18.3 Å². The molecule has 0 aliphatic heterocycles. The molecule has 0 fully saturated rings. The number of hydrogen-bond donors (Lipinski definition) is 1. The zero-order valence-electron chi connectivity index (χ0n) is 13.2. The Bertz CT molecular complexity index is 948. The quantitative estimate of drug-likeness (QED) is 0.587. The molecule has 3 aromatic rings. The van der Waals surface area contributed by atoms with Gasteiger partial charge in [0, 0.05) is 36.0 Å². The van der Waals surface area contributed by atoms with Crippen LogP contribution in [-0.4, -0.2) is 25.6 Å². The van der Waals surface area contributed by atoms with E-state index in [1.807, 2.05) is 6.92 Å². The molecule has 0 saturated heterocycles. The maximum absolute atomic E-state index is 12.4. The van der Waals surface area contributed by atoms with Gasteiger partial charge >= 0.3 is 0 Å². The highest BCUT2D eigenvalue weighted by Gasteiger charge is 2.14. The Hall–Kier alpha value is -3.29. The molecule has 0 spiro atoms. The number of amides is 1. The monoisotopic (exact) mass is 325 g/mol. The standard InChI is InChI=1S/C16H15N5O3/c1-3-20-9-11(8-17-20)16(22)19-15-6-10(2)18-14-5-4-12(21(23)24)7-13(14)15/h4-9H,3H2,1-2H3,(H,18,19,22). The van der Waals surface area contributed by atoms with Crippen molar-refractivity contribution < 1.29 is 9.72 Å². The fraction of sp³-hybridized carbons (Fsp3) is 0.188. The Morgan fingerprint density at radius 3 is 2.83 bits per heavy atom. The smallest absolute Gasteiger partial charge is 0.270 e.